The second-order valence-corrected chi connectivity index (χ2v) is 5.06. The third-order valence-corrected chi connectivity index (χ3v) is 2.80. The van der Waals surface area contributed by atoms with Gasteiger partial charge >= 0.3 is 0 Å². The molecule has 1 aliphatic heterocycles. The predicted molar refractivity (Wildman–Crippen MR) is 55.0 cm³/mol. The first-order valence-corrected chi connectivity index (χ1v) is 5.31. The molecule has 84 valence electrons. The van der Waals surface area contributed by atoms with E-state index in [-0.39, 0.29) is 6.10 Å². The highest BCUT2D eigenvalue weighted by atomic mass is 16.8. The van der Waals surface area contributed by atoms with Crippen LogP contribution in [0.15, 0.2) is 0 Å². The molecular formula is C11H22O3. The first-order valence-electron chi connectivity index (χ1n) is 5.31. The summed E-state index contributed by atoms with van der Waals surface area (Å²) < 4.78 is 11.2. The first-order chi connectivity index (χ1) is 6.27. The van der Waals surface area contributed by atoms with Crippen LogP contribution >= 0.6 is 0 Å². The lowest BCUT2D eigenvalue weighted by molar-refractivity contribution is -0.262. The van der Waals surface area contributed by atoms with Crippen molar-refractivity contribution in [2.45, 2.75) is 58.5 Å². The Kier molecular flexibility index (Phi) is 3.24. The van der Waals surface area contributed by atoms with E-state index in [2.05, 4.69) is 13.8 Å². The van der Waals surface area contributed by atoms with Crippen molar-refractivity contribution in [2.24, 2.45) is 5.92 Å². The van der Waals surface area contributed by atoms with Gasteiger partial charge in [-0.3, -0.25) is 0 Å². The molecule has 1 heterocycles. The number of aliphatic hydroxyl groups is 1. The van der Waals surface area contributed by atoms with Crippen molar-refractivity contribution in [3.05, 3.63) is 0 Å². The molecule has 0 aliphatic carbocycles. The molecule has 3 nitrogen and oxygen atoms in total. The average Bonchev–Trinajstić information content (AvgIpc) is 2.29. The van der Waals surface area contributed by atoms with Crippen molar-refractivity contribution in [1.29, 1.82) is 0 Å². The van der Waals surface area contributed by atoms with Crippen LogP contribution in [-0.4, -0.2) is 29.2 Å². The van der Waals surface area contributed by atoms with Gasteiger partial charge in [-0.25, -0.2) is 0 Å². The van der Waals surface area contributed by atoms with Crippen molar-refractivity contribution in [3.8, 4) is 0 Å². The van der Waals surface area contributed by atoms with Gasteiger partial charge in [-0.1, -0.05) is 13.8 Å². The van der Waals surface area contributed by atoms with Crippen LogP contribution in [0.3, 0.4) is 0 Å². The van der Waals surface area contributed by atoms with Gasteiger partial charge in [0.25, 0.3) is 0 Å². The molecule has 1 rings (SSSR count). The maximum absolute atomic E-state index is 10.3. The minimum Gasteiger partial charge on any atom is -0.385 e. The number of ether oxygens (including phenoxy) is 2. The van der Waals surface area contributed by atoms with Crippen LogP contribution in [0.4, 0.5) is 0 Å². The summed E-state index contributed by atoms with van der Waals surface area (Å²) in [6.45, 7) is 10.3. The van der Waals surface area contributed by atoms with Gasteiger partial charge in [-0.2, -0.15) is 0 Å². The summed E-state index contributed by atoms with van der Waals surface area (Å²) in [7, 11) is 0. The smallest absolute Gasteiger partial charge is 0.194 e. The molecule has 0 aromatic heterocycles. The van der Waals surface area contributed by atoms with E-state index >= 15 is 0 Å². The van der Waals surface area contributed by atoms with E-state index in [1.54, 1.807) is 6.92 Å². The van der Waals surface area contributed by atoms with Crippen LogP contribution < -0.4 is 0 Å². The second kappa shape index (κ2) is 3.80. The Morgan fingerprint density at radius 2 is 2.14 bits per heavy atom. The van der Waals surface area contributed by atoms with Gasteiger partial charge in [-0.05, 0) is 33.1 Å². The highest BCUT2D eigenvalue weighted by molar-refractivity contribution is 4.92. The Labute approximate surface area is 86.4 Å². The number of hydrogen-bond acceptors (Lipinski definition) is 3. The summed E-state index contributed by atoms with van der Waals surface area (Å²) in [6.07, 6.45) is 0.745. The van der Waals surface area contributed by atoms with E-state index in [4.69, 9.17) is 9.47 Å². The molecule has 14 heavy (non-hydrogen) atoms. The van der Waals surface area contributed by atoms with Crippen LogP contribution in [0, 0.1) is 5.92 Å². The van der Waals surface area contributed by atoms with Gasteiger partial charge in [-0.15, -0.1) is 0 Å². The lowest BCUT2D eigenvalue weighted by Gasteiger charge is -2.39. The molecule has 0 aromatic rings. The Hall–Kier alpha value is -0.120. The zero-order valence-electron chi connectivity index (χ0n) is 9.83. The fourth-order valence-electron chi connectivity index (χ4n) is 1.99. The molecule has 0 saturated carbocycles. The van der Waals surface area contributed by atoms with Gasteiger partial charge < -0.3 is 14.6 Å². The van der Waals surface area contributed by atoms with Crippen molar-refractivity contribution < 1.29 is 14.6 Å². The van der Waals surface area contributed by atoms with Crippen LogP contribution in [0.25, 0.3) is 0 Å². The average molecular weight is 202 g/mol. The summed E-state index contributed by atoms with van der Waals surface area (Å²) >= 11 is 0. The van der Waals surface area contributed by atoms with E-state index < -0.39 is 11.4 Å². The number of rotatable bonds is 3. The monoisotopic (exact) mass is 202 g/mol. The minimum atomic E-state index is -0.925. The molecule has 1 aliphatic rings. The van der Waals surface area contributed by atoms with E-state index in [0.717, 1.165) is 0 Å². The van der Waals surface area contributed by atoms with Gasteiger partial charge in [0, 0.05) is 0 Å². The van der Waals surface area contributed by atoms with E-state index in [1.807, 2.05) is 13.8 Å². The molecule has 0 unspecified atom stereocenters. The highest BCUT2D eigenvalue weighted by Crippen LogP contribution is 2.37. The maximum atomic E-state index is 10.3. The van der Waals surface area contributed by atoms with Crippen molar-refractivity contribution >= 4 is 0 Å². The molecule has 0 aromatic carbocycles. The number of hydrogen-bond donors (Lipinski definition) is 1. The molecule has 0 bridgehead atoms. The lowest BCUT2D eigenvalue weighted by Crippen LogP contribution is -2.51. The van der Waals surface area contributed by atoms with Gasteiger partial charge in [0.1, 0.15) is 5.60 Å². The van der Waals surface area contributed by atoms with Crippen LogP contribution in [0.1, 0.15) is 41.0 Å². The van der Waals surface area contributed by atoms with E-state index in [1.165, 1.54) is 0 Å². The van der Waals surface area contributed by atoms with Crippen molar-refractivity contribution in [1.82, 2.24) is 0 Å². The zero-order chi connectivity index (χ0) is 11.0. The van der Waals surface area contributed by atoms with Crippen LogP contribution in [0.5, 0.6) is 0 Å². The van der Waals surface area contributed by atoms with Gasteiger partial charge in [0.2, 0.25) is 0 Å². The standard InChI is InChI=1S/C11H22O3/c1-8(2)6-10(4,12)11(5)13-7-9(3)14-11/h8-9,12H,6-7H2,1-5H3/t9-,10-,11-/m1/s1. The third-order valence-electron chi connectivity index (χ3n) is 2.80. The summed E-state index contributed by atoms with van der Waals surface area (Å²) in [5.74, 6) is -0.429. The summed E-state index contributed by atoms with van der Waals surface area (Å²) in [5, 5.41) is 10.3. The largest absolute Gasteiger partial charge is 0.385 e. The summed E-state index contributed by atoms with van der Waals surface area (Å²) in [5.41, 5.74) is -0.925. The van der Waals surface area contributed by atoms with E-state index in [9.17, 15) is 5.11 Å². The zero-order valence-corrected chi connectivity index (χ0v) is 9.83. The fourth-order valence-corrected chi connectivity index (χ4v) is 1.99. The van der Waals surface area contributed by atoms with Gasteiger partial charge in [0.05, 0.1) is 12.7 Å². The molecule has 3 atom stereocenters. The lowest BCUT2D eigenvalue weighted by atomic mass is 9.87. The predicted octanol–water partition coefficient (Wildman–Crippen LogP) is 1.93. The second-order valence-electron chi connectivity index (χ2n) is 5.06. The fraction of sp³-hybridized carbons (Fsp3) is 1.00. The van der Waals surface area contributed by atoms with Gasteiger partial charge in [0.15, 0.2) is 5.79 Å². The molecule has 0 radical (unpaired) electrons. The molecule has 1 fully saturated rings. The summed E-state index contributed by atoms with van der Waals surface area (Å²) in [4.78, 5) is 0. The first kappa shape index (κ1) is 12.0. The maximum Gasteiger partial charge on any atom is 0.194 e. The van der Waals surface area contributed by atoms with Crippen molar-refractivity contribution in [2.75, 3.05) is 6.61 Å². The Morgan fingerprint density at radius 1 is 1.57 bits per heavy atom. The molecule has 0 spiro atoms. The molecular weight excluding hydrogens is 180 g/mol. The topological polar surface area (TPSA) is 38.7 Å². The summed E-state index contributed by atoms with van der Waals surface area (Å²) in [6, 6.07) is 0. The Bertz CT molecular complexity index is 201. The molecule has 1 N–H and O–H groups in total. The van der Waals surface area contributed by atoms with Crippen LogP contribution in [-0.2, 0) is 9.47 Å². The van der Waals surface area contributed by atoms with Crippen molar-refractivity contribution in [3.63, 3.8) is 0 Å². The normalized spacial score (nSPS) is 37.5. The van der Waals surface area contributed by atoms with Crippen LogP contribution in [0.2, 0.25) is 0 Å². The third kappa shape index (κ3) is 2.27. The SMILES string of the molecule is CC(C)C[C@@](C)(O)[C@]1(C)OC[C@@H](C)O1. The quantitative estimate of drug-likeness (QED) is 0.760. The minimum absolute atomic E-state index is 0.0682. The highest BCUT2D eigenvalue weighted by Gasteiger charge is 2.50. The molecule has 0 amide bonds. The molecule has 1 saturated heterocycles. The molecule has 3 heteroatoms. The Morgan fingerprint density at radius 3 is 2.50 bits per heavy atom. The Balaban J connectivity index is 2.70. The van der Waals surface area contributed by atoms with E-state index in [0.29, 0.717) is 18.9 Å².